The van der Waals surface area contributed by atoms with Crippen LogP contribution in [0.2, 0.25) is 0 Å². The van der Waals surface area contributed by atoms with E-state index in [2.05, 4.69) is 19.2 Å². The standard InChI is InChI=1S/C8H15N/c1-8(2)5-9-7(8)6-3-4-6/h6-7,9H,3-5H2,1-2H3/t7-/m0/s1. The van der Waals surface area contributed by atoms with Gasteiger partial charge in [-0.2, -0.15) is 0 Å². The topological polar surface area (TPSA) is 12.0 Å². The van der Waals surface area contributed by atoms with Gasteiger partial charge in [0.15, 0.2) is 0 Å². The highest BCUT2D eigenvalue weighted by molar-refractivity contribution is 5.03. The average Bonchev–Trinajstić information content (AvgIpc) is 2.48. The molecule has 2 fully saturated rings. The first-order valence-electron chi connectivity index (χ1n) is 3.93. The van der Waals surface area contributed by atoms with E-state index < -0.39 is 0 Å². The average molecular weight is 125 g/mol. The molecule has 0 amide bonds. The first-order valence-corrected chi connectivity index (χ1v) is 3.93. The minimum atomic E-state index is 0.612. The fourth-order valence-electron chi connectivity index (χ4n) is 1.86. The van der Waals surface area contributed by atoms with Gasteiger partial charge in [-0.25, -0.2) is 0 Å². The van der Waals surface area contributed by atoms with Gasteiger partial charge in [-0.1, -0.05) is 13.8 Å². The van der Waals surface area contributed by atoms with Crippen LogP contribution in [-0.2, 0) is 0 Å². The van der Waals surface area contributed by atoms with Crippen molar-refractivity contribution in [1.29, 1.82) is 0 Å². The van der Waals surface area contributed by atoms with Gasteiger partial charge in [0.25, 0.3) is 0 Å². The third-order valence-electron chi connectivity index (χ3n) is 2.71. The van der Waals surface area contributed by atoms with Crippen LogP contribution < -0.4 is 5.32 Å². The molecule has 9 heavy (non-hydrogen) atoms. The summed E-state index contributed by atoms with van der Waals surface area (Å²) in [4.78, 5) is 0. The molecule has 1 saturated carbocycles. The molecule has 0 bridgehead atoms. The van der Waals surface area contributed by atoms with Gasteiger partial charge in [-0.15, -0.1) is 0 Å². The molecule has 1 heteroatoms. The molecule has 1 heterocycles. The minimum Gasteiger partial charge on any atom is -0.313 e. The summed E-state index contributed by atoms with van der Waals surface area (Å²) in [5.74, 6) is 1.04. The Kier molecular flexibility index (Phi) is 0.963. The predicted octanol–water partition coefficient (Wildman–Crippen LogP) is 1.39. The Hall–Kier alpha value is -0.0400. The fraction of sp³-hybridized carbons (Fsp3) is 1.00. The van der Waals surface area contributed by atoms with E-state index in [4.69, 9.17) is 0 Å². The summed E-state index contributed by atoms with van der Waals surface area (Å²) in [6.45, 7) is 5.97. The van der Waals surface area contributed by atoms with Crippen molar-refractivity contribution in [3.05, 3.63) is 0 Å². The molecule has 0 aromatic carbocycles. The molecule has 0 aromatic heterocycles. The summed E-state index contributed by atoms with van der Waals surface area (Å²) in [6.07, 6.45) is 2.95. The molecule has 1 nitrogen and oxygen atoms in total. The van der Waals surface area contributed by atoms with E-state index in [1.54, 1.807) is 0 Å². The van der Waals surface area contributed by atoms with Crippen molar-refractivity contribution >= 4 is 0 Å². The number of nitrogens with one attached hydrogen (secondary N) is 1. The summed E-state index contributed by atoms with van der Waals surface area (Å²) in [5, 5.41) is 3.50. The van der Waals surface area contributed by atoms with E-state index in [-0.39, 0.29) is 0 Å². The summed E-state index contributed by atoms with van der Waals surface area (Å²) in [5.41, 5.74) is 0.612. The van der Waals surface area contributed by atoms with Crippen molar-refractivity contribution in [2.75, 3.05) is 6.54 Å². The second-order valence-corrected chi connectivity index (χ2v) is 4.18. The molecule has 0 spiro atoms. The van der Waals surface area contributed by atoms with Crippen molar-refractivity contribution in [3.8, 4) is 0 Å². The molecule has 1 atom stereocenters. The smallest absolute Gasteiger partial charge is 0.0159 e. The lowest BCUT2D eigenvalue weighted by Crippen LogP contribution is -2.60. The summed E-state index contributed by atoms with van der Waals surface area (Å²) in [6, 6.07) is 0.859. The van der Waals surface area contributed by atoms with Gasteiger partial charge in [0.05, 0.1) is 0 Å². The lowest BCUT2D eigenvalue weighted by molar-refractivity contribution is 0.108. The SMILES string of the molecule is CC1(C)CN[C@H]1C1CC1. The Balaban J connectivity index is 1.98. The van der Waals surface area contributed by atoms with E-state index in [1.807, 2.05) is 0 Å². The molecule has 0 unspecified atom stereocenters. The Morgan fingerprint density at radius 1 is 1.33 bits per heavy atom. The summed E-state index contributed by atoms with van der Waals surface area (Å²) >= 11 is 0. The zero-order valence-electron chi connectivity index (χ0n) is 6.28. The van der Waals surface area contributed by atoms with E-state index in [0.717, 1.165) is 12.0 Å². The Labute approximate surface area is 56.8 Å². The number of hydrogen-bond donors (Lipinski definition) is 1. The highest BCUT2D eigenvalue weighted by Crippen LogP contribution is 2.44. The van der Waals surface area contributed by atoms with Crippen LogP contribution in [0.3, 0.4) is 0 Å². The fourth-order valence-corrected chi connectivity index (χ4v) is 1.86. The van der Waals surface area contributed by atoms with Crippen LogP contribution >= 0.6 is 0 Å². The van der Waals surface area contributed by atoms with E-state index >= 15 is 0 Å². The zero-order chi connectivity index (χ0) is 6.48. The van der Waals surface area contributed by atoms with E-state index in [0.29, 0.717) is 5.41 Å². The Morgan fingerprint density at radius 3 is 2.11 bits per heavy atom. The van der Waals surface area contributed by atoms with Crippen LogP contribution in [0.1, 0.15) is 26.7 Å². The van der Waals surface area contributed by atoms with Gasteiger partial charge < -0.3 is 5.32 Å². The third-order valence-corrected chi connectivity index (χ3v) is 2.71. The van der Waals surface area contributed by atoms with Crippen LogP contribution in [0.5, 0.6) is 0 Å². The van der Waals surface area contributed by atoms with Crippen molar-refractivity contribution < 1.29 is 0 Å². The first kappa shape index (κ1) is 5.72. The Bertz CT molecular complexity index is 125. The van der Waals surface area contributed by atoms with Crippen LogP contribution in [0, 0.1) is 11.3 Å². The third kappa shape index (κ3) is 0.787. The monoisotopic (exact) mass is 125 g/mol. The van der Waals surface area contributed by atoms with Crippen LogP contribution in [0.25, 0.3) is 0 Å². The maximum Gasteiger partial charge on any atom is 0.0159 e. The first-order chi connectivity index (χ1) is 4.20. The second kappa shape index (κ2) is 1.51. The maximum atomic E-state index is 3.50. The molecule has 0 aromatic rings. The summed E-state index contributed by atoms with van der Waals surface area (Å²) < 4.78 is 0. The lowest BCUT2D eigenvalue weighted by atomic mass is 9.75. The lowest BCUT2D eigenvalue weighted by Gasteiger charge is -2.46. The quantitative estimate of drug-likeness (QED) is 0.558. The van der Waals surface area contributed by atoms with Gasteiger partial charge in [-0.3, -0.25) is 0 Å². The minimum absolute atomic E-state index is 0.612. The van der Waals surface area contributed by atoms with Gasteiger partial charge in [0.1, 0.15) is 0 Å². The molecule has 1 aliphatic carbocycles. The van der Waals surface area contributed by atoms with Crippen LogP contribution in [-0.4, -0.2) is 12.6 Å². The molecule has 1 aliphatic heterocycles. The summed E-state index contributed by atoms with van der Waals surface area (Å²) in [7, 11) is 0. The van der Waals surface area contributed by atoms with Crippen molar-refractivity contribution in [2.45, 2.75) is 32.7 Å². The van der Waals surface area contributed by atoms with Gasteiger partial charge >= 0.3 is 0 Å². The number of rotatable bonds is 1. The highest BCUT2D eigenvalue weighted by Gasteiger charge is 2.46. The van der Waals surface area contributed by atoms with Gasteiger partial charge in [0, 0.05) is 12.6 Å². The zero-order valence-corrected chi connectivity index (χ0v) is 6.28. The van der Waals surface area contributed by atoms with Crippen molar-refractivity contribution in [1.82, 2.24) is 5.32 Å². The van der Waals surface area contributed by atoms with Crippen molar-refractivity contribution in [3.63, 3.8) is 0 Å². The highest BCUT2D eigenvalue weighted by atomic mass is 15.0. The molecule has 1 N–H and O–H groups in total. The molecule has 52 valence electrons. The second-order valence-electron chi connectivity index (χ2n) is 4.18. The normalized spacial score (nSPS) is 40.0. The molecule has 2 rings (SSSR count). The maximum absolute atomic E-state index is 3.50. The predicted molar refractivity (Wildman–Crippen MR) is 38.3 cm³/mol. The van der Waals surface area contributed by atoms with Gasteiger partial charge in [-0.05, 0) is 24.2 Å². The Morgan fingerprint density at radius 2 is 2.00 bits per heavy atom. The van der Waals surface area contributed by atoms with E-state index in [9.17, 15) is 0 Å². The molecule has 1 saturated heterocycles. The van der Waals surface area contributed by atoms with Crippen LogP contribution in [0.15, 0.2) is 0 Å². The largest absolute Gasteiger partial charge is 0.313 e. The van der Waals surface area contributed by atoms with Crippen molar-refractivity contribution in [2.24, 2.45) is 11.3 Å². The molecular weight excluding hydrogens is 110 g/mol. The van der Waals surface area contributed by atoms with E-state index in [1.165, 1.54) is 19.4 Å². The van der Waals surface area contributed by atoms with Gasteiger partial charge in [0.2, 0.25) is 0 Å². The van der Waals surface area contributed by atoms with Crippen LogP contribution in [0.4, 0.5) is 0 Å². The molecule has 2 aliphatic rings. The molecule has 0 radical (unpaired) electrons. The number of hydrogen-bond acceptors (Lipinski definition) is 1. The molecular formula is C8H15N.